The molecule has 0 radical (unpaired) electrons. The van der Waals surface area contributed by atoms with Crippen molar-refractivity contribution in [2.75, 3.05) is 0 Å². The Bertz CT molecular complexity index is 1330. The van der Waals surface area contributed by atoms with E-state index in [1.807, 2.05) is 12.1 Å². The van der Waals surface area contributed by atoms with Crippen LogP contribution in [-0.2, 0) is 6.54 Å². The molecule has 0 aliphatic carbocycles. The molecule has 0 N–H and O–H groups in total. The van der Waals surface area contributed by atoms with Crippen LogP contribution >= 0.6 is 7.26 Å². The van der Waals surface area contributed by atoms with Crippen molar-refractivity contribution in [1.29, 1.82) is 0 Å². The molecule has 0 atom stereocenters. The molecule has 0 heterocycles. The van der Waals surface area contributed by atoms with E-state index in [0.717, 1.165) is 11.1 Å². The van der Waals surface area contributed by atoms with Crippen molar-refractivity contribution in [2.45, 2.75) is 6.54 Å². The standard InChI is InChI=1S/C31H26N3P/c32-34-33-24-25-16-18-26(19-17-25)27-20-22-31(23-21-27)35(28-10-4-1-5-11-28,29-12-6-2-7-13-29)30-14-8-3-9-15-30/h1-23,35H,24H2. The minimum atomic E-state index is -2.49. The molecule has 0 unspecified atom stereocenters. The van der Waals surface area contributed by atoms with Gasteiger partial charge in [0.1, 0.15) is 0 Å². The Morgan fingerprint density at radius 3 is 1.26 bits per heavy atom. The summed E-state index contributed by atoms with van der Waals surface area (Å²) < 4.78 is 0. The van der Waals surface area contributed by atoms with E-state index in [4.69, 9.17) is 5.53 Å². The third kappa shape index (κ3) is 4.48. The number of hydrogen-bond acceptors (Lipinski definition) is 1. The molecule has 0 saturated heterocycles. The summed E-state index contributed by atoms with van der Waals surface area (Å²) in [5.41, 5.74) is 11.9. The molecule has 170 valence electrons. The molecule has 0 aliphatic rings. The van der Waals surface area contributed by atoms with Gasteiger partial charge in [-0.25, -0.2) is 0 Å². The van der Waals surface area contributed by atoms with Crippen molar-refractivity contribution in [3.63, 3.8) is 0 Å². The van der Waals surface area contributed by atoms with E-state index >= 15 is 0 Å². The van der Waals surface area contributed by atoms with Crippen LogP contribution in [0.25, 0.3) is 21.6 Å². The van der Waals surface area contributed by atoms with Crippen molar-refractivity contribution in [3.8, 4) is 11.1 Å². The van der Waals surface area contributed by atoms with Gasteiger partial charge in [0.2, 0.25) is 0 Å². The first kappa shape index (κ1) is 22.6. The molecule has 5 aromatic rings. The van der Waals surface area contributed by atoms with Crippen LogP contribution in [0.2, 0.25) is 0 Å². The van der Waals surface area contributed by atoms with E-state index in [1.54, 1.807) is 0 Å². The van der Waals surface area contributed by atoms with Gasteiger partial charge in [-0.05, 0) is 0 Å². The number of benzene rings is 5. The summed E-state index contributed by atoms with van der Waals surface area (Å²) in [5, 5.41) is 9.11. The third-order valence-electron chi connectivity index (χ3n) is 6.54. The number of rotatable bonds is 7. The quantitative estimate of drug-likeness (QED) is 0.112. The Balaban J connectivity index is 1.66. The van der Waals surface area contributed by atoms with Crippen LogP contribution in [0.1, 0.15) is 5.56 Å². The molecule has 0 bridgehead atoms. The zero-order valence-electron chi connectivity index (χ0n) is 19.3. The molecule has 0 aliphatic heterocycles. The normalized spacial score (nSPS) is 11.4. The third-order valence-corrected chi connectivity index (χ3v) is 11.3. The summed E-state index contributed by atoms with van der Waals surface area (Å²) >= 11 is 0. The van der Waals surface area contributed by atoms with Gasteiger partial charge >= 0.3 is 201 Å². The Kier molecular flexibility index (Phi) is 6.73. The van der Waals surface area contributed by atoms with Crippen molar-refractivity contribution in [1.82, 2.24) is 0 Å². The molecule has 0 saturated carbocycles. The second kappa shape index (κ2) is 10.4. The average Bonchev–Trinajstić information content (AvgIpc) is 2.95. The van der Waals surface area contributed by atoms with Crippen LogP contribution < -0.4 is 21.2 Å². The molecule has 4 heteroatoms. The van der Waals surface area contributed by atoms with Gasteiger partial charge in [0.15, 0.2) is 0 Å². The van der Waals surface area contributed by atoms with Crippen molar-refractivity contribution in [2.24, 2.45) is 5.11 Å². The fourth-order valence-electron chi connectivity index (χ4n) is 4.89. The zero-order chi connectivity index (χ0) is 23.9. The molecule has 0 aromatic heterocycles. The van der Waals surface area contributed by atoms with Crippen molar-refractivity contribution >= 4 is 28.5 Å². The van der Waals surface area contributed by atoms with Gasteiger partial charge in [-0.1, -0.05) is 0 Å². The van der Waals surface area contributed by atoms with E-state index in [9.17, 15) is 0 Å². The maximum absolute atomic E-state index is 8.56. The molecule has 5 rings (SSSR count). The molecule has 0 spiro atoms. The summed E-state index contributed by atoms with van der Waals surface area (Å²) in [6, 6.07) is 50.1. The summed E-state index contributed by atoms with van der Waals surface area (Å²) in [5.74, 6) is 0. The van der Waals surface area contributed by atoms with Crippen molar-refractivity contribution in [3.05, 3.63) is 156 Å². The summed E-state index contributed by atoms with van der Waals surface area (Å²) in [7, 11) is -2.49. The van der Waals surface area contributed by atoms with Gasteiger partial charge in [0.25, 0.3) is 0 Å². The van der Waals surface area contributed by atoms with Crippen LogP contribution in [0.3, 0.4) is 0 Å². The van der Waals surface area contributed by atoms with Crippen LogP contribution in [-0.4, -0.2) is 0 Å². The van der Waals surface area contributed by atoms with Crippen LogP contribution in [0, 0.1) is 0 Å². The van der Waals surface area contributed by atoms with Gasteiger partial charge in [-0.3, -0.25) is 0 Å². The summed E-state index contributed by atoms with van der Waals surface area (Å²) in [6.45, 7) is 0.370. The van der Waals surface area contributed by atoms with Crippen molar-refractivity contribution < 1.29 is 0 Å². The molecule has 3 nitrogen and oxygen atoms in total. The number of hydrogen-bond donors (Lipinski definition) is 0. The molecule has 0 fully saturated rings. The van der Waals surface area contributed by atoms with Crippen LogP contribution in [0.15, 0.2) is 145 Å². The Labute approximate surface area is 206 Å². The Morgan fingerprint density at radius 2 is 0.857 bits per heavy atom. The van der Waals surface area contributed by atoms with Crippen LogP contribution in [0.5, 0.6) is 0 Å². The topological polar surface area (TPSA) is 48.8 Å². The second-order valence-electron chi connectivity index (χ2n) is 8.51. The molecular weight excluding hydrogens is 445 g/mol. The Hall–Kier alpha value is -4.16. The first-order chi connectivity index (χ1) is 17.3. The van der Waals surface area contributed by atoms with Gasteiger partial charge in [0, 0.05) is 0 Å². The predicted octanol–water partition coefficient (Wildman–Crippen LogP) is 6.52. The predicted molar refractivity (Wildman–Crippen MR) is 151 cm³/mol. The summed E-state index contributed by atoms with van der Waals surface area (Å²) in [4.78, 5) is 2.85. The average molecular weight is 472 g/mol. The zero-order valence-corrected chi connectivity index (χ0v) is 20.3. The minimum absolute atomic E-state index is 0.370. The fourth-order valence-corrected chi connectivity index (χ4v) is 9.64. The molecule has 0 amide bonds. The molecule has 5 aromatic carbocycles. The first-order valence-corrected chi connectivity index (χ1v) is 13.7. The van der Waals surface area contributed by atoms with E-state index in [-0.39, 0.29) is 0 Å². The van der Waals surface area contributed by atoms with E-state index < -0.39 is 7.26 Å². The summed E-state index contributed by atoms with van der Waals surface area (Å²) in [6.07, 6.45) is 0. The van der Waals surface area contributed by atoms with E-state index in [2.05, 4.69) is 137 Å². The molecule has 35 heavy (non-hydrogen) atoms. The van der Waals surface area contributed by atoms with Gasteiger partial charge in [0.05, 0.1) is 0 Å². The van der Waals surface area contributed by atoms with Gasteiger partial charge in [-0.2, -0.15) is 0 Å². The SMILES string of the molecule is [N-]=[N+]=NCc1ccc(-c2ccc([PH](c3ccccc3)(c3ccccc3)c3ccccc3)cc2)cc1. The second-order valence-corrected chi connectivity index (χ2v) is 12.3. The van der Waals surface area contributed by atoms with E-state index in [0.29, 0.717) is 6.54 Å². The first-order valence-electron chi connectivity index (χ1n) is 11.7. The van der Waals surface area contributed by atoms with Crippen LogP contribution in [0.4, 0.5) is 0 Å². The van der Waals surface area contributed by atoms with Gasteiger partial charge < -0.3 is 5.53 Å². The van der Waals surface area contributed by atoms with E-state index in [1.165, 1.54) is 26.8 Å². The number of azide groups is 1. The monoisotopic (exact) mass is 471 g/mol. The maximum atomic E-state index is 8.56. The number of nitrogens with zero attached hydrogens (tertiary/aromatic N) is 3. The molecular formula is C31H26N3P. The fraction of sp³-hybridized carbons (Fsp3) is 0.0323. The van der Waals surface area contributed by atoms with Gasteiger partial charge in [-0.15, -0.1) is 0 Å². The Morgan fingerprint density at radius 1 is 0.486 bits per heavy atom.